The van der Waals surface area contributed by atoms with Gasteiger partial charge in [0.2, 0.25) is 5.82 Å². The Morgan fingerprint density at radius 1 is 1.47 bits per heavy atom. The molecule has 1 aromatic heterocycles. The predicted octanol–water partition coefficient (Wildman–Crippen LogP) is 1.53. The van der Waals surface area contributed by atoms with Crippen LogP contribution in [-0.4, -0.2) is 45.3 Å². The summed E-state index contributed by atoms with van der Waals surface area (Å²) in [6, 6.07) is 0.373. The monoisotopic (exact) mass is 267 g/mol. The van der Waals surface area contributed by atoms with E-state index in [0.29, 0.717) is 24.1 Å². The second-order valence-electron chi connectivity index (χ2n) is 5.14. The van der Waals surface area contributed by atoms with Gasteiger partial charge in [-0.3, -0.25) is 15.0 Å². The lowest BCUT2D eigenvalue weighted by Crippen LogP contribution is -2.35. The molecule has 19 heavy (non-hydrogen) atoms. The van der Waals surface area contributed by atoms with Crippen LogP contribution in [0.2, 0.25) is 0 Å². The standard InChI is InChI=1S/C12H21N5O2/c1-9(16-6-4-5-7-16)8-13-12-11(17(18)19)10(2)14-15(12)3/h9,13H,4-8H2,1-3H3. The van der Waals surface area contributed by atoms with E-state index in [9.17, 15) is 10.1 Å². The third-order valence-corrected chi connectivity index (χ3v) is 3.70. The highest BCUT2D eigenvalue weighted by molar-refractivity contribution is 5.59. The Labute approximate surface area is 112 Å². The molecular weight excluding hydrogens is 246 g/mol. The molecule has 1 atom stereocenters. The maximum atomic E-state index is 11.1. The molecule has 106 valence electrons. The quantitative estimate of drug-likeness (QED) is 0.646. The zero-order valence-electron chi connectivity index (χ0n) is 11.7. The molecular formula is C12H21N5O2. The molecule has 2 heterocycles. The highest BCUT2D eigenvalue weighted by atomic mass is 16.6. The van der Waals surface area contributed by atoms with Crippen molar-refractivity contribution in [2.24, 2.45) is 7.05 Å². The Morgan fingerprint density at radius 3 is 2.68 bits per heavy atom. The van der Waals surface area contributed by atoms with Gasteiger partial charge in [-0.1, -0.05) is 0 Å². The molecule has 0 bridgehead atoms. The first-order valence-electron chi connectivity index (χ1n) is 6.66. The van der Waals surface area contributed by atoms with Crippen molar-refractivity contribution in [1.82, 2.24) is 14.7 Å². The van der Waals surface area contributed by atoms with Gasteiger partial charge in [0.25, 0.3) is 0 Å². The van der Waals surface area contributed by atoms with Gasteiger partial charge in [-0.2, -0.15) is 5.10 Å². The summed E-state index contributed by atoms with van der Waals surface area (Å²) in [5, 5.41) is 18.3. The number of hydrogen-bond donors (Lipinski definition) is 1. The molecule has 1 aliphatic rings. The summed E-state index contributed by atoms with van der Waals surface area (Å²) in [6.07, 6.45) is 2.49. The first-order chi connectivity index (χ1) is 9.00. The molecule has 0 saturated carbocycles. The Bertz CT molecular complexity index is 465. The molecule has 1 fully saturated rings. The van der Waals surface area contributed by atoms with E-state index in [4.69, 9.17) is 0 Å². The summed E-state index contributed by atoms with van der Waals surface area (Å²) in [5.41, 5.74) is 0.528. The number of nitrogens with one attached hydrogen (secondary N) is 1. The number of nitro groups is 1. The van der Waals surface area contributed by atoms with Gasteiger partial charge in [-0.15, -0.1) is 0 Å². The van der Waals surface area contributed by atoms with Crippen LogP contribution in [0.25, 0.3) is 0 Å². The zero-order chi connectivity index (χ0) is 14.0. The van der Waals surface area contributed by atoms with Gasteiger partial charge < -0.3 is 5.32 Å². The van der Waals surface area contributed by atoms with E-state index in [2.05, 4.69) is 22.2 Å². The number of rotatable bonds is 5. The third kappa shape index (κ3) is 2.86. The van der Waals surface area contributed by atoms with Crippen LogP contribution in [0.5, 0.6) is 0 Å². The largest absolute Gasteiger partial charge is 0.363 e. The topological polar surface area (TPSA) is 76.2 Å². The maximum Gasteiger partial charge on any atom is 0.333 e. The van der Waals surface area contributed by atoms with Crippen molar-refractivity contribution in [2.45, 2.75) is 32.7 Å². The maximum absolute atomic E-state index is 11.1. The van der Waals surface area contributed by atoms with Crippen molar-refractivity contribution in [3.05, 3.63) is 15.8 Å². The van der Waals surface area contributed by atoms with E-state index in [-0.39, 0.29) is 10.6 Å². The molecule has 1 N–H and O–H groups in total. The number of nitrogens with zero attached hydrogens (tertiary/aromatic N) is 4. The van der Waals surface area contributed by atoms with Gasteiger partial charge in [-0.25, -0.2) is 4.68 Å². The van der Waals surface area contributed by atoms with Crippen molar-refractivity contribution in [1.29, 1.82) is 0 Å². The highest BCUT2D eigenvalue weighted by Gasteiger charge is 2.25. The molecule has 1 aromatic rings. The molecule has 1 aliphatic heterocycles. The fourth-order valence-corrected chi connectivity index (χ4v) is 2.62. The lowest BCUT2D eigenvalue weighted by Gasteiger charge is -2.24. The minimum absolute atomic E-state index is 0.0797. The van der Waals surface area contributed by atoms with E-state index >= 15 is 0 Å². The van der Waals surface area contributed by atoms with Crippen LogP contribution in [0.3, 0.4) is 0 Å². The average molecular weight is 267 g/mol. The molecule has 7 heteroatoms. The highest BCUT2D eigenvalue weighted by Crippen LogP contribution is 2.27. The summed E-state index contributed by atoms with van der Waals surface area (Å²) in [5.74, 6) is 0.494. The first kappa shape index (κ1) is 13.8. The number of anilines is 1. The Balaban J connectivity index is 2.04. The van der Waals surface area contributed by atoms with Crippen LogP contribution in [0.1, 0.15) is 25.5 Å². The van der Waals surface area contributed by atoms with E-state index < -0.39 is 0 Å². The van der Waals surface area contributed by atoms with Crippen molar-refractivity contribution in [3.8, 4) is 0 Å². The number of likely N-dealkylation sites (tertiary alicyclic amines) is 1. The molecule has 1 unspecified atom stereocenters. The zero-order valence-corrected chi connectivity index (χ0v) is 11.7. The van der Waals surface area contributed by atoms with E-state index in [1.54, 1.807) is 18.7 Å². The average Bonchev–Trinajstić information content (AvgIpc) is 2.94. The molecule has 0 aliphatic carbocycles. The van der Waals surface area contributed by atoms with Crippen LogP contribution >= 0.6 is 0 Å². The summed E-state index contributed by atoms with van der Waals surface area (Å²) >= 11 is 0. The summed E-state index contributed by atoms with van der Waals surface area (Å²) in [6.45, 7) is 6.74. The molecule has 0 amide bonds. The Hall–Kier alpha value is -1.63. The molecule has 1 saturated heterocycles. The lowest BCUT2D eigenvalue weighted by molar-refractivity contribution is -0.384. The minimum atomic E-state index is -0.370. The molecule has 0 radical (unpaired) electrons. The number of hydrogen-bond acceptors (Lipinski definition) is 5. The van der Waals surface area contributed by atoms with Crippen molar-refractivity contribution in [3.63, 3.8) is 0 Å². The van der Waals surface area contributed by atoms with Gasteiger partial charge in [0, 0.05) is 19.6 Å². The smallest absolute Gasteiger partial charge is 0.333 e. The van der Waals surface area contributed by atoms with Crippen LogP contribution in [0.4, 0.5) is 11.5 Å². The second-order valence-corrected chi connectivity index (χ2v) is 5.14. The normalized spacial score (nSPS) is 17.6. The Kier molecular flexibility index (Phi) is 4.04. The molecule has 2 rings (SSSR count). The van der Waals surface area contributed by atoms with Crippen LogP contribution < -0.4 is 5.32 Å². The minimum Gasteiger partial charge on any atom is -0.363 e. The summed E-state index contributed by atoms with van der Waals surface area (Å²) < 4.78 is 1.55. The van der Waals surface area contributed by atoms with Gasteiger partial charge in [0.15, 0.2) is 0 Å². The van der Waals surface area contributed by atoms with Gasteiger partial charge in [0.05, 0.1) is 4.92 Å². The predicted molar refractivity (Wildman–Crippen MR) is 73.4 cm³/mol. The fourth-order valence-electron chi connectivity index (χ4n) is 2.62. The fraction of sp³-hybridized carbons (Fsp3) is 0.750. The first-order valence-corrected chi connectivity index (χ1v) is 6.66. The van der Waals surface area contributed by atoms with Crippen LogP contribution in [0, 0.1) is 17.0 Å². The number of aromatic nitrogens is 2. The molecule has 0 spiro atoms. The second kappa shape index (κ2) is 5.56. The van der Waals surface area contributed by atoms with E-state index in [1.807, 2.05) is 0 Å². The van der Waals surface area contributed by atoms with Gasteiger partial charge in [-0.05, 0) is 39.8 Å². The molecule has 0 aromatic carbocycles. The lowest BCUT2D eigenvalue weighted by atomic mass is 10.3. The summed E-state index contributed by atoms with van der Waals surface area (Å²) in [4.78, 5) is 13.1. The molecule has 7 nitrogen and oxygen atoms in total. The van der Waals surface area contributed by atoms with Crippen molar-refractivity contribution in [2.75, 3.05) is 25.0 Å². The number of aryl methyl sites for hydroxylation is 2. The van der Waals surface area contributed by atoms with Crippen molar-refractivity contribution >= 4 is 11.5 Å². The van der Waals surface area contributed by atoms with E-state index in [1.165, 1.54) is 12.8 Å². The van der Waals surface area contributed by atoms with Crippen LogP contribution in [-0.2, 0) is 7.05 Å². The van der Waals surface area contributed by atoms with E-state index in [0.717, 1.165) is 13.1 Å². The van der Waals surface area contributed by atoms with Crippen LogP contribution in [0.15, 0.2) is 0 Å². The van der Waals surface area contributed by atoms with Crippen molar-refractivity contribution < 1.29 is 4.92 Å². The Morgan fingerprint density at radius 2 is 2.11 bits per heavy atom. The van der Waals surface area contributed by atoms with Gasteiger partial charge in [0.1, 0.15) is 5.69 Å². The summed E-state index contributed by atoms with van der Waals surface area (Å²) in [7, 11) is 1.73. The SMILES string of the molecule is Cc1nn(C)c(NCC(C)N2CCCC2)c1[N+](=O)[O-]. The van der Waals surface area contributed by atoms with Gasteiger partial charge >= 0.3 is 5.69 Å². The third-order valence-electron chi connectivity index (χ3n) is 3.70.